The van der Waals surface area contributed by atoms with E-state index >= 15 is 0 Å². The van der Waals surface area contributed by atoms with Crippen LogP contribution in [0.2, 0.25) is 0 Å². The van der Waals surface area contributed by atoms with Crippen molar-refractivity contribution >= 4 is 27.8 Å². The standard InChI is InChI=1S/C31H37N5O3/c1-31(2,38)21-9-7-18-12-25(35(24(18)14-21)15-17-5-6-17)29-33-22-11-20(13-26(39-4)28(22)34(29)3)30(37)36-16-19-8-10-23(36)27(19)32/h7,9,11-14,17,19,23,27,38H,5-6,8,10,15-16,32H2,1-4H3. The number of amides is 1. The largest absolute Gasteiger partial charge is 0.494 e. The normalized spacial score (nSPS) is 22.9. The summed E-state index contributed by atoms with van der Waals surface area (Å²) in [4.78, 5) is 20.7. The summed E-state index contributed by atoms with van der Waals surface area (Å²) in [7, 11) is 3.65. The van der Waals surface area contributed by atoms with E-state index in [9.17, 15) is 9.90 Å². The third kappa shape index (κ3) is 3.87. The van der Waals surface area contributed by atoms with E-state index in [1.807, 2.05) is 44.0 Å². The number of carbonyl (C=O) groups excluding carboxylic acids is 1. The summed E-state index contributed by atoms with van der Waals surface area (Å²) in [6.45, 7) is 5.28. The van der Waals surface area contributed by atoms with Crippen LogP contribution in [0.3, 0.4) is 0 Å². The molecule has 1 aliphatic heterocycles. The second-order valence-electron chi connectivity index (χ2n) is 12.4. The minimum absolute atomic E-state index is 0.00653. The fraction of sp³-hybridized carbons (Fsp3) is 0.484. The summed E-state index contributed by atoms with van der Waals surface area (Å²) in [6, 6.07) is 12.3. The molecule has 4 aromatic rings. The Morgan fingerprint density at radius 2 is 1.95 bits per heavy atom. The topological polar surface area (TPSA) is 98.5 Å². The average Bonchev–Trinajstić information content (AvgIpc) is 3.31. The molecular formula is C31H37N5O3. The van der Waals surface area contributed by atoms with Gasteiger partial charge in [0.05, 0.1) is 23.9 Å². The molecule has 0 radical (unpaired) electrons. The number of piperidine rings is 1. The summed E-state index contributed by atoms with van der Waals surface area (Å²) in [5.74, 6) is 2.53. The molecule has 7 rings (SSSR count). The van der Waals surface area contributed by atoms with E-state index in [0.717, 1.165) is 64.9 Å². The number of carbonyl (C=O) groups is 1. The Balaban J connectivity index is 1.35. The number of likely N-dealkylation sites (tertiary alicyclic amines) is 1. The van der Waals surface area contributed by atoms with Crippen LogP contribution in [-0.4, -0.2) is 55.8 Å². The van der Waals surface area contributed by atoms with Crippen LogP contribution < -0.4 is 10.5 Å². The summed E-state index contributed by atoms with van der Waals surface area (Å²) in [6.07, 6.45) is 4.54. The number of nitrogens with zero attached hydrogens (tertiary/aromatic N) is 4. The molecule has 2 saturated carbocycles. The molecule has 3 aliphatic rings. The van der Waals surface area contributed by atoms with Gasteiger partial charge >= 0.3 is 0 Å². The molecule has 0 spiro atoms. The van der Waals surface area contributed by atoms with Crippen molar-refractivity contribution in [3.63, 3.8) is 0 Å². The minimum Gasteiger partial charge on any atom is -0.494 e. The second-order valence-corrected chi connectivity index (χ2v) is 12.4. The third-order valence-corrected chi connectivity index (χ3v) is 9.29. The molecule has 8 heteroatoms. The van der Waals surface area contributed by atoms with Crippen molar-refractivity contribution in [3.8, 4) is 17.3 Å². The molecule has 2 aromatic heterocycles. The smallest absolute Gasteiger partial charge is 0.254 e. The minimum atomic E-state index is -0.921. The Bertz CT molecular complexity index is 1620. The number of hydrogen-bond donors (Lipinski definition) is 2. The van der Waals surface area contributed by atoms with E-state index in [0.29, 0.717) is 23.1 Å². The molecule has 3 atom stereocenters. The van der Waals surface area contributed by atoms with Crippen LogP contribution in [0.4, 0.5) is 0 Å². The summed E-state index contributed by atoms with van der Waals surface area (Å²) < 4.78 is 10.2. The average molecular weight is 528 g/mol. The maximum atomic E-state index is 13.6. The lowest BCUT2D eigenvalue weighted by Gasteiger charge is -2.27. The fourth-order valence-corrected chi connectivity index (χ4v) is 6.84. The summed E-state index contributed by atoms with van der Waals surface area (Å²) in [5.41, 5.74) is 10.7. The van der Waals surface area contributed by atoms with Gasteiger partial charge in [0.2, 0.25) is 0 Å². The van der Waals surface area contributed by atoms with E-state index in [-0.39, 0.29) is 18.0 Å². The number of ether oxygens (including phenoxy) is 1. The predicted octanol–water partition coefficient (Wildman–Crippen LogP) is 4.40. The van der Waals surface area contributed by atoms with Crippen molar-refractivity contribution in [1.82, 2.24) is 19.0 Å². The second kappa shape index (κ2) is 8.57. The van der Waals surface area contributed by atoms with E-state index in [1.165, 1.54) is 12.8 Å². The highest BCUT2D eigenvalue weighted by Gasteiger charge is 2.47. The molecule has 2 aliphatic carbocycles. The highest BCUT2D eigenvalue weighted by molar-refractivity contribution is 6.00. The lowest BCUT2D eigenvalue weighted by molar-refractivity contribution is 0.0700. The molecule has 3 fully saturated rings. The van der Waals surface area contributed by atoms with E-state index in [1.54, 1.807) is 7.11 Å². The number of imidazole rings is 1. The number of rotatable bonds is 6. The molecule has 204 valence electrons. The fourth-order valence-electron chi connectivity index (χ4n) is 6.84. The van der Waals surface area contributed by atoms with E-state index < -0.39 is 5.60 Å². The van der Waals surface area contributed by atoms with E-state index in [4.69, 9.17) is 15.5 Å². The first-order valence-electron chi connectivity index (χ1n) is 14.1. The van der Waals surface area contributed by atoms with Gasteiger partial charge in [-0.2, -0.15) is 0 Å². The number of aryl methyl sites for hydroxylation is 1. The summed E-state index contributed by atoms with van der Waals surface area (Å²) >= 11 is 0. The number of aromatic nitrogens is 3. The van der Waals surface area contributed by atoms with Gasteiger partial charge in [0.1, 0.15) is 11.3 Å². The number of hydrogen-bond acceptors (Lipinski definition) is 5. The highest BCUT2D eigenvalue weighted by atomic mass is 16.5. The first-order valence-corrected chi connectivity index (χ1v) is 14.1. The number of benzene rings is 2. The Labute approximate surface area is 228 Å². The first kappa shape index (κ1) is 24.7. The quantitative estimate of drug-likeness (QED) is 0.387. The van der Waals surface area contributed by atoms with Gasteiger partial charge < -0.3 is 29.6 Å². The van der Waals surface area contributed by atoms with Crippen molar-refractivity contribution in [2.45, 2.75) is 63.8 Å². The van der Waals surface area contributed by atoms with Crippen molar-refractivity contribution in [2.75, 3.05) is 13.7 Å². The van der Waals surface area contributed by atoms with Crippen LogP contribution in [0.1, 0.15) is 55.5 Å². The Hall–Kier alpha value is -3.36. The Morgan fingerprint density at radius 1 is 1.15 bits per heavy atom. The predicted molar refractivity (Wildman–Crippen MR) is 152 cm³/mol. The molecule has 1 amide bonds. The van der Waals surface area contributed by atoms with Crippen LogP contribution in [0.15, 0.2) is 36.4 Å². The molecule has 39 heavy (non-hydrogen) atoms. The van der Waals surface area contributed by atoms with E-state index in [2.05, 4.69) is 27.3 Å². The van der Waals surface area contributed by atoms with Crippen LogP contribution >= 0.6 is 0 Å². The van der Waals surface area contributed by atoms with Gasteiger partial charge in [0.25, 0.3) is 5.91 Å². The lowest BCUT2D eigenvalue weighted by atomic mass is 9.97. The van der Waals surface area contributed by atoms with Gasteiger partial charge in [0.15, 0.2) is 5.82 Å². The van der Waals surface area contributed by atoms with Gasteiger partial charge in [0, 0.05) is 48.7 Å². The number of fused-ring (bicyclic) bond motifs is 4. The lowest BCUT2D eigenvalue weighted by Crippen LogP contribution is -2.41. The van der Waals surface area contributed by atoms with Crippen LogP contribution in [0.5, 0.6) is 5.75 Å². The molecular weight excluding hydrogens is 490 g/mol. The zero-order valence-electron chi connectivity index (χ0n) is 23.1. The van der Waals surface area contributed by atoms with Gasteiger partial charge in [-0.1, -0.05) is 12.1 Å². The highest BCUT2D eigenvalue weighted by Crippen LogP contribution is 2.40. The molecule has 2 aromatic carbocycles. The van der Waals surface area contributed by atoms with Crippen LogP contribution in [0, 0.1) is 11.8 Å². The first-order chi connectivity index (χ1) is 18.6. The third-order valence-electron chi connectivity index (χ3n) is 9.29. The summed E-state index contributed by atoms with van der Waals surface area (Å²) in [5, 5.41) is 11.8. The zero-order valence-corrected chi connectivity index (χ0v) is 23.1. The molecule has 8 nitrogen and oxygen atoms in total. The number of methoxy groups -OCH3 is 1. The van der Waals surface area contributed by atoms with Crippen LogP contribution in [-0.2, 0) is 19.2 Å². The van der Waals surface area contributed by atoms with Crippen molar-refractivity contribution in [1.29, 1.82) is 0 Å². The molecule has 2 bridgehead atoms. The van der Waals surface area contributed by atoms with Gasteiger partial charge in [-0.25, -0.2) is 4.98 Å². The Morgan fingerprint density at radius 3 is 2.59 bits per heavy atom. The van der Waals surface area contributed by atoms with Crippen molar-refractivity contribution in [3.05, 3.63) is 47.5 Å². The monoisotopic (exact) mass is 527 g/mol. The molecule has 3 N–H and O–H groups in total. The maximum Gasteiger partial charge on any atom is 0.254 e. The molecule has 3 heterocycles. The Kier molecular flexibility index (Phi) is 5.42. The van der Waals surface area contributed by atoms with Crippen LogP contribution in [0.25, 0.3) is 33.5 Å². The van der Waals surface area contributed by atoms with Gasteiger partial charge in [-0.15, -0.1) is 0 Å². The van der Waals surface area contributed by atoms with Gasteiger partial charge in [-0.3, -0.25) is 4.79 Å². The van der Waals surface area contributed by atoms with Crippen molar-refractivity contribution < 1.29 is 14.6 Å². The molecule has 1 saturated heterocycles. The number of aliphatic hydroxyl groups is 1. The zero-order chi connectivity index (χ0) is 27.2. The van der Waals surface area contributed by atoms with Crippen molar-refractivity contribution in [2.24, 2.45) is 24.6 Å². The number of nitrogens with two attached hydrogens (primary N) is 1. The molecule has 3 unspecified atom stereocenters. The maximum absolute atomic E-state index is 13.6. The SMILES string of the molecule is COc1cc(C(=O)N2CC3CCC2C3N)cc2nc(-c3cc4ccc(C(C)(C)O)cc4n3CC3CC3)n(C)c12. The van der Waals surface area contributed by atoms with Gasteiger partial charge in [-0.05, 0) is 81.2 Å².